The molecule has 2 aliphatic heterocycles. The predicted octanol–water partition coefficient (Wildman–Crippen LogP) is 8.92. The summed E-state index contributed by atoms with van der Waals surface area (Å²) in [5.41, 5.74) is 3.10. The van der Waals surface area contributed by atoms with Crippen molar-refractivity contribution in [1.29, 1.82) is 0 Å². The van der Waals surface area contributed by atoms with E-state index in [0.717, 1.165) is 33.6 Å². The van der Waals surface area contributed by atoms with E-state index in [9.17, 15) is 0 Å². The van der Waals surface area contributed by atoms with Crippen LogP contribution in [0.25, 0.3) is 0 Å². The maximum Gasteiger partial charge on any atom is 0.264 e. The molecule has 2 amide bonds. The molecule has 0 aromatic heterocycles. The maximum atomic E-state index is 15.3. The molecule has 0 unspecified atom stereocenters. The third-order valence-corrected chi connectivity index (χ3v) is 11.5. The number of hydrogen-bond donors (Lipinski definition) is 0. The van der Waals surface area contributed by atoms with E-state index in [-0.39, 0.29) is 11.8 Å². The van der Waals surface area contributed by atoms with Crippen LogP contribution >= 0.6 is 24.4 Å². The number of amides is 2. The van der Waals surface area contributed by atoms with Crippen LogP contribution in [0, 0.1) is 0 Å². The van der Waals surface area contributed by atoms with Crippen LogP contribution in [0.1, 0.15) is 28.7 Å². The number of para-hydroxylation sites is 2. The van der Waals surface area contributed by atoms with E-state index in [1.165, 1.54) is 0 Å². The summed E-state index contributed by atoms with van der Waals surface area (Å²) in [4.78, 5) is 37.9. The Bertz CT molecular complexity index is 2300. The lowest BCUT2D eigenvalue weighted by Crippen LogP contribution is -2.50. The van der Waals surface area contributed by atoms with Crippen molar-refractivity contribution in [3.8, 4) is 0 Å². The molecule has 0 saturated carbocycles. The molecule has 2 atom stereocenters. The van der Waals surface area contributed by atoms with Crippen molar-refractivity contribution in [2.24, 2.45) is 0 Å². The number of benzene rings is 6. The minimum Gasteiger partial charge on any atom is -0.330 e. The Morgan fingerprint density at radius 1 is 0.436 bits per heavy atom. The Morgan fingerprint density at radius 3 is 1.36 bits per heavy atom. The van der Waals surface area contributed by atoms with Gasteiger partial charge in [-0.25, -0.2) is 0 Å². The van der Waals surface area contributed by atoms with Crippen molar-refractivity contribution in [2.45, 2.75) is 30.3 Å². The molecule has 6 aromatic carbocycles. The van der Waals surface area contributed by atoms with Gasteiger partial charge in [-0.2, -0.15) is 0 Å². The van der Waals surface area contributed by atoms with Crippen molar-refractivity contribution in [3.63, 3.8) is 0 Å². The minimum atomic E-state index is -1.12. The lowest BCUT2D eigenvalue weighted by molar-refractivity contribution is -0.131. The number of carbonyl (C=O) groups is 2. The van der Waals surface area contributed by atoms with Gasteiger partial charge in [-0.05, 0) is 77.4 Å². The highest BCUT2D eigenvalue weighted by Gasteiger charge is 2.58. The largest absolute Gasteiger partial charge is 0.330 e. The zero-order valence-electron chi connectivity index (χ0n) is 30.3. The topological polar surface area (TPSA) is 47.1 Å². The Kier molecular flexibility index (Phi) is 10.1. The molecular formula is C47H40N4O2S2. The molecule has 0 bridgehead atoms. The summed E-state index contributed by atoms with van der Waals surface area (Å²) < 4.78 is 0. The lowest BCUT2D eigenvalue weighted by atomic mass is 9.81. The molecule has 272 valence electrons. The van der Waals surface area contributed by atoms with Gasteiger partial charge in [-0.3, -0.25) is 24.3 Å². The Labute approximate surface area is 333 Å². The lowest BCUT2D eigenvalue weighted by Gasteiger charge is -2.37. The SMILES string of the molecule is O=C1N(c2ccccc2)C(=S)N(CCCN2C(=O)[C@](Cc3ccccc3)(c3ccccc3)N(c3ccccc3)C2=S)[C@]1(Cc1ccccc1)c1ccccc1. The number of carbonyl (C=O) groups excluding carboxylic acids is 2. The second kappa shape index (κ2) is 15.4. The molecule has 0 spiro atoms. The molecule has 2 saturated heterocycles. The normalized spacial score (nSPS) is 19.8. The molecule has 2 fully saturated rings. The second-order valence-electron chi connectivity index (χ2n) is 14.0. The van der Waals surface area contributed by atoms with E-state index in [4.69, 9.17) is 24.4 Å². The summed E-state index contributed by atoms with van der Waals surface area (Å²) in [5.74, 6) is -0.186. The molecule has 0 radical (unpaired) electrons. The highest BCUT2D eigenvalue weighted by Crippen LogP contribution is 2.45. The van der Waals surface area contributed by atoms with E-state index in [0.29, 0.717) is 42.6 Å². The summed E-state index contributed by atoms with van der Waals surface area (Å²) in [6, 6.07) is 59.6. The summed E-state index contributed by atoms with van der Waals surface area (Å²) in [7, 11) is 0. The first kappa shape index (κ1) is 36.0. The Morgan fingerprint density at radius 2 is 0.855 bits per heavy atom. The van der Waals surface area contributed by atoms with E-state index < -0.39 is 11.1 Å². The van der Waals surface area contributed by atoms with Crippen LogP contribution in [-0.2, 0) is 33.5 Å². The minimum absolute atomic E-state index is 0.0824. The fourth-order valence-electron chi connectivity index (χ4n) is 8.22. The fourth-order valence-corrected chi connectivity index (χ4v) is 9.09. The predicted molar refractivity (Wildman–Crippen MR) is 228 cm³/mol. The van der Waals surface area contributed by atoms with Crippen molar-refractivity contribution in [1.82, 2.24) is 9.80 Å². The van der Waals surface area contributed by atoms with Gasteiger partial charge in [-0.15, -0.1) is 0 Å². The quantitative estimate of drug-likeness (QED) is 0.116. The van der Waals surface area contributed by atoms with Gasteiger partial charge in [0.15, 0.2) is 21.3 Å². The molecule has 0 N–H and O–H groups in total. The van der Waals surface area contributed by atoms with Gasteiger partial charge in [-0.1, -0.05) is 158 Å². The highest BCUT2D eigenvalue weighted by atomic mass is 32.1. The van der Waals surface area contributed by atoms with Crippen LogP contribution in [0.4, 0.5) is 11.4 Å². The van der Waals surface area contributed by atoms with E-state index in [2.05, 4.69) is 29.2 Å². The van der Waals surface area contributed by atoms with Crippen LogP contribution in [0.2, 0.25) is 0 Å². The standard InChI is InChI=1S/C47H40N4O2S2/c52-42-47(39-26-13-4-14-27-39,35-37-22-9-2-10-23-37)51(41-30-17-6-18-31-41)44(54)48(42)32-19-33-49-45(55)50(40-28-15-5-16-29-40)43(53)46(49,38-24-11-3-12-25-38)34-36-20-7-1-8-21-36/h1-18,20-31H,19,32-35H2/t46-,47+/m1/s1. The summed E-state index contributed by atoms with van der Waals surface area (Å²) in [6.07, 6.45) is 1.34. The summed E-state index contributed by atoms with van der Waals surface area (Å²) >= 11 is 12.5. The first-order valence-corrected chi connectivity index (χ1v) is 19.4. The van der Waals surface area contributed by atoms with E-state index in [1.54, 1.807) is 9.80 Å². The van der Waals surface area contributed by atoms with Gasteiger partial charge in [0.25, 0.3) is 11.8 Å². The van der Waals surface area contributed by atoms with Gasteiger partial charge in [0.05, 0.1) is 5.69 Å². The first-order chi connectivity index (χ1) is 26.9. The number of thiocarbonyl (C=S) groups is 2. The smallest absolute Gasteiger partial charge is 0.264 e. The van der Waals surface area contributed by atoms with Crippen LogP contribution in [0.15, 0.2) is 182 Å². The Balaban J connectivity index is 1.18. The second-order valence-corrected chi connectivity index (χ2v) is 14.7. The van der Waals surface area contributed by atoms with Crippen LogP contribution in [-0.4, -0.2) is 44.9 Å². The van der Waals surface area contributed by atoms with Gasteiger partial charge in [0.2, 0.25) is 0 Å². The van der Waals surface area contributed by atoms with Crippen molar-refractivity contribution >= 4 is 57.8 Å². The summed E-state index contributed by atoms with van der Waals surface area (Å²) in [6.45, 7) is 0.740. The Hall–Kier alpha value is -5.96. The molecule has 2 heterocycles. The molecule has 2 aliphatic rings. The molecule has 6 aromatic rings. The van der Waals surface area contributed by atoms with Crippen LogP contribution in [0.5, 0.6) is 0 Å². The first-order valence-electron chi connectivity index (χ1n) is 18.6. The third kappa shape index (κ3) is 6.41. The molecule has 0 aliphatic carbocycles. The van der Waals surface area contributed by atoms with Crippen LogP contribution < -0.4 is 9.80 Å². The highest BCUT2D eigenvalue weighted by molar-refractivity contribution is 7.80. The van der Waals surface area contributed by atoms with E-state index >= 15 is 9.59 Å². The average Bonchev–Trinajstić information content (AvgIpc) is 3.58. The fraction of sp³-hybridized carbons (Fsp3) is 0.149. The van der Waals surface area contributed by atoms with E-state index in [1.807, 2.05) is 163 Å². The van der Waals surface area contributed by atoms with Crippen molar-refractivity contribution < 1.29 is 9.59 Å². The molecular weight excluding hydrogens is 717 g/mol. The van der Waals surface area contributed by atoms with Crippen LogP contribution in [0.3, 0.4) is 0 Å². The van der Waals surface area contributed by atoms with Gasteiger partial charge >= 0.3 is 0 Å². The number of nitrogens with zero attached hydrogens (tertiary/aromatic N) is 4. The van der Waals surface area contributed by atoms with Gasteiger partial charge < -0.3 is 4.90 Å². The van der Waals surface area contributed by atoms with Crippen molar-refractivity contribution in [2.75, 3.05) is 22.9 Å². The third-order valence-electron chi connectivity index (χ3n) is 10.7. The zero-order chi connectivity index (χ0) is 37.8. The number of rotatable bonds is 12. The maximum absolute atomic E-state index is 15.3. The molecule has 8 heteroatoms. The van der Waals surface area contributed by atoms with Gasteiger partial charge in [0, 0.05) is 31.6 Å². The van der Waals surface area contributed by atoms with Gasteiger partial charge in [0.1, 0.15) is 0 Å². The molecule has 55 heavy (non-hydrogen) atoms. The average molecular weight is 757 g/mol. The molecule has 8 rings (SSSR count). The summed E-state index contributed by atoms with van der Waals surface area (Å²) in [5, 5.41) is 0.875. The number of anilines is 2. The molecule has 6 nitrogen and oxygen atoms in total. The monoisotopic (exact) mass is 756 g/mol. The number of hydrogen-bond acceptors (Lipinski definition) is 4. The van der Waals surface area contributed by atoms with Crippen molar-refractivity contribution in [3.05, 3.63) is 204 Å². The zero-order valence-corrected chi connectivity index (χ0v) is 31.9.